The quantitative estimate of drug-likeness (QED) is 0.766. The van der Waals surface area contributed by atoms with Crippen molar-refractivity contribution >= 4 is 5.65 Å². The summed E-state index contributed by atoms with van der Waals surface area (Å²) >= 11 is 0. The van der Waals surface area contributed by atoms with E-state index in [1.54, 1.807) is 4.52 Å². The molecule has 1 unspecified atom stereocenters. The van der Waals surface area contributed by atoms with Crippen molar-refractivity contribution in [2.45, 2.75) is 26.3 Å². The van der Waals surface area contributed by atoms with Crippen LogP contribution in [0.2, 0.25) is 0 Å². The summed E-state index contributed by atoms with van der Waals surface area (Å²) < 4.78 is 1.78. The van der Waals surface area contributed by atoms with Crippen LogP contribution < -0.4 is 5.73 Å². The molecule has 2 aromatic heterocycles. The van der Waals surface area contributed by atoms with Crippen LogP contribution in [0.15, 0.2) is 18.3 Å². The first-order valence-electron chi connectivity index (χ1n) is 4.72. The number of pyridine rings is 1. The summed E-state index contributed by atoms with van der Waals surface area (Å²) in [5, 5.41) is 4.21. The Balaban J connectivity index is 2.40. The molecule has 4 nitrogen and oxygen atoms in total. The smallest absolute Gasteiger partial charge is 0.155 e. The molecule has 0 aliphatic carbocycles. The summed E-state index contributed by atoms with van der Waals surface area (Å²) in [4.78, 5) is 4.29. The first kappa shape index (κ1) is 9.15. The van der Waals surface area contributed by atoms with Crippen molar-refractivity contribution < 1.29 is 0 Å². The second-order valence-electron chi connectivity index (χ2n) is 3.68. The molecule has 2 heterocycles. The number of rotatable bonds is 2. The fourth-order valence-corrected chi connectivity index (χ4v) is 1.53. The van der Waals surface area contributed by atoms with E-state index in [9.17, 15) is 0 Å². The average molecular weight is 190 g/mol. The maximum Gasteiger partial charge on any atom is 0.155 e. The average Bonchev–Trinajstić information content (AvgIpc) is 2.42. The normalized spacial score (nSPS) is 13.4. The van der Waals surface area contributed by atoms with Gasteiger partial charge in [-0.15, -0.1) is 0 Å². The standard InChI is InChI=1S/C10H14N4/c1-7(11)5-9-3-4-14-10(6-9)12-8(2)13-14/h3-4,6-7H,5,11H2,1-2H3. The monoisotopic (exact) mass is 190 g/mol. The van der Waals surface area contributed by atoms with E-state index in [0.29, 0.717) is 0 Å². The Bertz CT molecular complexity index is 444. The minimum atomic E-state index is 0.182. The summed E-state index contributed by atoms with van der Waals surface area (Å²) in [7, 11) is 0. The van der Waals surface area contributed by atoms with E-state index in [1.807, 2.05) is 32.2 Å². The molecule has 2 rings (SSSR count). The molecule has 1 atom stereocenters. The predicted octanol–water partition coefficient (Wildman–Crippen LogP) is 0.927. The van der Waals surface area contributed by atoms with Gasteiger partial charge >= 0.3 is 0 Å². The molecule has 0 amide bonds. The van der Waals surface area contributed by atoms with E-state index in [2.05, 4.69) is 10.1 Å². The molecular formula is C10H14N4. The van der Waals surface area contributed by atoms with Crippen LogP contribution in [0.4, 0.5) is 0 Å². The molecule has 4 heteroatoms. The van der Waals surface area contributed by atoms with Crippen LogP contribution >= 0.6 is 0 Å². The van der Waals surface area contributed by atoms with Gasteiger partial charge in [-0.2, -0.15) is 5.10 Å². The van der Waals surface area contributed by atoms with Gasteiger partial charge < -0.3 is 5.73 Å². The lowest BCUT2D eigenvalue weighted by atomic mass is 10.1. The van der Waals surface area contributed by atoms with Crippen LogP contribution in [0.3, 0.4) is 0 Å². The lowest BCUT2D eigenvalue weighted by molar-refractivity contribution is 0.736. The highest BCUT2D eigenvalue weighted by molar-refractivity contribution is 5.40. The largest absolute Gasteiger partial charge is 0.328 e. The zero-order valence-corrected chi connectivity index (χ0v) is 8.44. The van der Waals surface area contributed by atoms with Crippen molar-refractivity contribution in [3.63, 3.8) is 0 Å². The Labute approximate surface area is 82.8 Å². The van der Waals surface area contributed by atoms with Gasteiger partial charge in [0.2, 0.25) is 0 Å². The number of aryl methyl sites for hydroxylation is 1. The molecule has 0 aliphatic heterocycles. The topological polar surface area (TPSA) is 56.2 Å². The highest BCUT2D eigenvalue weighted by atomic mass is 15.3. The van der Waals surface area contributed by atoms with E-state index in [4.69, 9.17) is 5.73 Å². The Kier molecular flexibility index (Phi) is 2.21. The number of hydrogen-bond donors (Lipinski definition) is 1. The SMILES string of the molecule is Cc1nc2cc(CC(C)N)ccn2n1. The van der Waals surface area contributed by atoms with Gasteiger partial charge in [-0.25, -0.2) is 9.50 Å². The van der Waals surface area contributed by atoms with Crippen molar-refractivity contribution in [3.8, 4) is 0 Å². The molecular weight excluding hydrogens is 176 g/mol. The number of hydrogen-bond acceptors (Lipinski definition) is 3. The van der Waals surface area contributed by atoms with Gasteiger partial charge in [-0.3, -0.25) is 0 Å². The van der Waals surface area contributed by atoms with Crippen molar-refractivity contribution in [2.75, 3.05) is 0 Å². The zero-order valence-electron chi connectivity index (χ0n) is 8.44. The van der Waals surface area contributed by atoms with Gasteiger partial charge in [0.1, 0.15) is 5.82 Å². The number of aromatic nitrogens is 3. The van der Waals surface area contributed by atoms with Gasteiger partial charge in [-0.1, -0.05) is 0 Å². The minimum absolute atomic E-state index is 0.182. The van der Waals surface area contributed by atoms with Crippen molar-refractivity contribution in [2.24, 2.45) is 5.73 Å². The van der Waals surface area contributed by atoms with Crippen LogP contribution in [0, 0.1) is 6.92 Å². The fourth-order valence-electron chi connectivity index (χ4n) is 1.53. The van der Waals surface area contributed by atoms with E-state index in [-0.39, 0.29) is 6.04 Å². The molecule has 0 spiro atoms. The third kappa shape index (κ3) is 1.75. The lowest BCUT2D eigenvalue weighted by Gasteiger charge is -2.04. The first-order valence-corrected chi connectivity index (χ1v) is 4.72. The maximum absolute atomic E-state index is 5.73. The predicted molar refractivity (Wildman–Crippen MR) is 55.1 cm³/mol. The Morgan fingerprint density at radius 2 is 2.36 bits per heavy atom. The van der Waals surface area contributed by atoms with Gasteiger partial charge in [0.05, 0.1) is 0 Å². The lowest BCUT2D eigenvalue weighted by Crippen LogP contribution is -2.17. The van der Waals surface area contributed by atoms with E-state index in [1.165, 1.54) is 5.56 Å². The van der Waals surface area contributed by atoms with E-state index in [0.717, 1.165) is 17.9 Å². The molecule has 0 aromatic carbocycles. The molecule has 0 saturated carbocycles. The van der Waals surface area contributed by atoms with Crippen LogP contribution in [0.1, 0.15) is 18.3 Å². The Morgan fingerprint density at radius 1 is 1.57 bits per heavy atom. The highest BCUT2D eigenvalue weighted by Crippen LogP contribution is 2.07. The summed E-state index contributed by atoms with van der Waals surface area (Å²) in [5.41, 5.74) is 7.83. The van der Waals surface area contributed by atoms with Crippen LogP contribution in [0.25, 0.3) is 5.65 Å². The Hall–Kier alpha value is -1.42. The van der Waals surface area contributed by atoms with Gasteiger partial charge in [0, 0.05) is 12.2 Å². The van der Waals surface area contributed by atoms with Gasteiger partial charge in [-0.05, 0) is 38.0 Å². The zero-order chi connectivity index (χ0) is 10.1. The summed E-state index contributed by atoms with van der Waals surface area (Å²) in [6.45, 7) is 3.89. The van der Waals surface area contributed by atoms with Crippen LogP contribution in [-0.2, 0) is 6.42 Å². The molecule has 0 bridgehead atoms. The van der Waals surface area contributed by atoms with Crippen molar-refractivity contribution in [3.05, 3.63) is 29.7 Å². The van der Waals surface area contributed by atoms with Gasteiger partial charge in [0.15, 0.2) is 5.65 Å². The van der Waals surface area contributed by atoms with Crippen molar-refractivity contribution in [1.29, 1.82) is 0 Å². The second-order valence-corrected chi connectivity index (χ2v) is 3.68. The molecule has 0 radical (unpaired) electrons. The number of nitrogens with zero attached hydrogens (tertiary/aromatic N) is 3. The van der Waals surface area contributed by atoms with Crippen LogP contribution in [0.5, 0.6) is 0 Å². The number of nitrogens with two attached hydrogens (primary N) is 1. The van der Waals surface area contributed by atoms with Gasteiger partial charge in [0.25, 0.3) is 0 Å². The van der Waals surface area contributed by atoms with Crippen LogP contribution in [-0.4, -0.2) is 20.6 Å². The molecule has 0 aliphatic rings. The highest BCUT2D eigenvalue weighted by Gasteiger charge is 2.02. The molecule has 2 N–H and O–H groups in total. The van der Waals surface area contributed by atoms with E-state index >= 15 is 0 Å². The molecule has 0 saturated heterocycles. The molecule has 14 heavy (non-hydrogen) atoms. The third-order valence-corrected chi connectivity index (χ3v) is 2.07. The molecule has 74 valence electrons. The van der Waals surface area contributed by atoms with Crippen molar-refractivity contribution in [1.82, 2.24) is 14.6 Å². The maximum atomic E-state index is 5.73. The summed E-state index contributed by atoms with van der Waals surface area (Å²) in [6.07, 6.45) is 2.80. The first-order chi connectivity index (χ1) is 6.65. The summed E-state index contributed by atoms with van der Waals surface area (Å²) in [5.74, 6) is 0.794. The minimum Gasteiger partial charge on any atom is -0.328 e. The molecule has 2 aromatic rings. The fraction of sp³-hybridized carbons (Fsp3) is 0.400. The Morgan fingerprint density at radius 3 is 3.07 bits per heavy atom. The number of fused-ring (bicyclic) bond motifs is 1. The molecule has 0 fully saturated rings. The second kappa shape index (κ2) is 3.38. The van der Waals surface area contributed by atoms with E-state index < -0.39 is 0 Å². The third-order valence-electron chi connectivity index (χ3n) is 2.07. The summed E-state index contributed by atoms with van der Waals surface area (Å²) in [6, 6.07) is 4.25.